The van der Waals surface area contributed by atoms with Crippen molar-refractivity contribution >= 4 is 0 Å². The van der Waals surface area contributed by atoms with E-state index in [1.165, 1.54) is 43.6 Å². The second-order valence-electron chi connectivity index (χ2n) is 7.68. The summed E-state index contributed by atoms with van der Waals surface area (Å²) in [5, 5.41) is 2.21. The predicted octanol–water partition coefficient (Wildman–Crippen LogP) is 3.48. The van der Waals surface area contributed by atoms with Gasteiger partial charge in [0.2, 0.25) is 0 Å². The number of nitrogens with one attached hydrogen (secondary N) is 1. The molecule has 0 saturated carbocycles. The van der Waals surface area contributed by atoms with Crippen LogP contribution >= 0.6 is 0 Å². The van der Waals surface area contributed by atoms with Crippen LogP contribution in [-0.4, -0.2) is 47.2 Å². The van der Waals surface area contributed by atoms with Crippen molar-refractivity contribution in [2.24, 2.45) is 0 Å². The molecule has 134 valence electrons. The summed E-state index contributed by atoms with van der Waals surface area (Å²) in [5.74, 6) is 0. The zero-order chi connectivity index (χ0) is 17.3. The second-order valence-corrected chi connectivity index (χ2v) is 7.68. The maximum absolute atomic E-state index is 3.58. The highest BCUT2D eigenvalue weighted by Crippen LogP contribution is 2.42. The number of hydrogen-bond acceptors (Lipinski definition) is 4. The molecule has 2 saturated heterocycles. The van der Waals surface area contributed by atoms with Crippen molar-refractivity contribution in [3.05, 3.63) is 59.8 Å². The molecule has 4 rings (SSSR count). The largest absolute Gasteiger partial charge is 0.312 e. The molecule has 2 unspecified atom stereocenters. The topological polar surface area (TPSA) is 21.8 Å². The first-order valence-electron chi connectivity index (χ1n) is 9.60. The van der Waals surface area contributed by atoms with E-state index in [9.17, 15) is 0 Å². The van der Waals surface area contributed by atoms with Gasteiger partial charge in [0.05, 0.1) is 18.4 Å². The van der Waals surface area contributed by atoms with Gasteiger partial charge in [0.25, 0.3) is 0 Å². The maximum atomic E-state index is 3.58. The Morgan fingerprint density at radius 3 is 2.60 bits per heavy atom. The quantitative estimate of drug-likeness (QED) is 0.911. The molecule has 1 aliphatic carbocycles. The molecule has 4 heteroatoms. The molecule has 2 heterocycles. The molecule has 0 amide bonds. The third-order valence-electron chi connectivity index (χ3n) is 6.06. The summed E-state index contributed by atoms with van der Waals surface area (Å²) < 4.78 is 0. The summed E-state index contributed by atoms with van der Waals surface area (Å²) in [6.07, 6.45) is 12.1. The predicted molar refractivity (Wildman–Crippen MR) is 102 cm³/mol. The fourth-order valence-electron chi connectivity index (χ4n) is 4.65. The number of hydrazine groups is 1. The Morgan fingerprint density at radius 1 is 1.08 bits per heavy atom. The summed E-state index contributed by atoms with van der Waals surface area (Å²) in [6.45, 7) is 5.65. The second kappa shape index (κ2) is 6.94. The van der Waals surface area contributed by atoms with Crippen LogP contribution in [0.5, 0.6) is 0 Å². The van der Waals surface area contributed by atoms with Gasteiger partial charge in [-0.05, 0) is 50.9 Å². The smallest absolute Gasteiger partial charge is 0.0904 e. The summed E-state index contributed by atoms with van der Waals surface area (Å²) in [5.41, 5.74) is 6.37. The van der Waals surface area contributed by atoms with Crippen LogP contribution in [0.4, 0.5) is 0 Å². The molecule has 4 nitrogen and oxygen atoms in total. The standard InChI is InChI=1S/C21H30N4/c1-21-14-8-7-13-19(21)23(2)22-17-25(21)20(18-11-5-3-6-12-18)24-15-9-4-10-16-24/h3,5-8,11-13,20,22H,4,9-10,14-17H2,1-2H3. The number of piperidine rings is 1. The van der Waals surface area contributed by atoms with Crippen molar-refractivity contribution in [2.75, 3.05) is 26.8 Å². The Balaban J connectivity index is 1.73. The zero-order valence-corrected chi connectivity index (χ0v) is 15.5. The lowest BCUT2D eigenvalue weighted by molar-refractivity contribution is -0.0771. The summed E-state index contributed by atoms with van der Waals surface area (Å²) in [4.78, 5) is 5.36. The van der Waals surface area contributed by atoms with Crippen molar-refractivity contribution in [1.29, 1.82) is 0 Å². The summed E-state index contributed by atoms with van der Waals surface area (Å²) >= 11 is 0. The zero-order valence-electron chi connectivity index (χ0n) is 15.5. The van der Waals surface area contributed by atoms with Crippen molar-refractivity contribution in [3.8, 4) is 0 Å². The lowest BCUT2D eigenvalue weighted by atomic mass is 9.85. The first-order chi connectivity index (χ1) is 12.2. The van der Waals surface area contributed by atoms with E-state index in [4.69, 9.17) is 0 Å². The van der Waals surface area contributed by atoms with Gasteiger partial charge in [0.1, 0.15) is 0 Å². The van der Waals surface area contributed by atoms with Gasteiger partial charge >= 0.3 is 0 Å². The average molecular weight is 338 g/mol. The van der Waals surface area contributed by atoms with Crippen LogP contribution in [-0.2, 0) is 0 Å². The van der Waals surface area contributed by atoms with Crippen molar-refractivity contribution in [2.45, 2.75) is 44.3 Å². The van der Waals surface area contributed by atoms with E-state index in [1.54, 1.807) is 0 Å². The Bertz CT molecular complexity index is 647. The third-order valence-corrected chi connectivity index (χ3v) is 6.06. The lowest BCUT2D eigenvalue weighted by Crippen LogP contribution is -2.65. The van der Waals surface area contributed by atoms with Gasteiger partial charge in [-0.1, -0.05) is 48.9 Å². The molecule has 0 spiro atoms. The van der Waals surface area contributed by atoms with Gasteiger partial charge < -0.3 is 5.01 Å². The highest BCUT2D eigenvalue weighted by atomic mass is 15.6. The number of benzene rings is 1. The van der Waals surface area contributed by atoms with Crippen LogP contribution in [0.25, 0.3) is 0 Å². The van der Waals surface area contributed by atoms with E-state index in [1.807, 2.05) is 0 Å². The Kier molecular flexibility index (Phi) is 4.67. The Labute approximate surface area is 151 Å². The molecule has 1 aromatic carbocycles. The van der Waals surface area contributed by atoms with Gasteiger partial charge in [-0.2, -0.15) is 0 Å². The number of likely N-dealkylation sites (tertiary alicyclic amines) is 1. The molecular weight excluding hydrogens is 308 g/mol. The van der Waals surface area contributed by atoms with Crippen molar-refractivity contribution in [1.82, 2.24) is 20.2 Å². The molecule has 2 fully saturated rings. The third kappa shape index (κ3) is 3.03. The minimum absolute atomic E-state index is 0.0205. The lowest BCUT2D eigenvalue weighted by Gasteiger charge is -2.56. The highest BCUT2D eigenvalue weighted by molar-refractivity contribution is 5.31. The first-order valence-corrected chi connectivity index (χ1v) is 9.60. The molecule has 2 aliphatic heterocycles. The van der Waals surface area contributed by atoms with Gasteiger partial charge in [-0.25, -0.2) is 5.43 Å². The molecule has 0 bridgehead atoms. The number of hydrogen-bond donors (Lipinski definition) is 1. The number of allylic oxidation sites excluding steroid dienone is 2. The fraction of sp³-hybridized carbons (Fsp3) is 0.524. The van der Waals surface area contributed by atoms with E-state index >= 15 is 0 Å². The Hall–Kier alpha value is -1.62. The van der Waals surface area contributed by atoms with Gasteiger partial charge in [0.15, 0.2) is 0 Å². The van der Waals surface area contributed by atoms with E-state index in [2.05, 4.69) is 82.8 Å². The highest BCUT2D eigenvalue weighted by Gasteiger charge is 2.46. The molecule has 1 N–H and O–H groups in total. The van der Waals surface area contributed by atoms with Gasteiger partial charge in [-0.3, -0.25) is 9.80 Å². The van der Waals surface area contributed by atoms with E-state index in [-0.39, 0.29) is 5.54 Å². The van der Waals surface area contributed by atoms with Crippen LogP contribution < -0.4 is 5.43 Å². The van der Waals surface area contributed by atoms with Crippen LogP contribution in [0.15, 0.2) is 54.3 Å². The number of fused-ring (bicyclic) bond motifs is 1. The first kappa shape index (κ1) is 16.8. The molecule has 0 aromatic heterocycles. The van der Waals surface area contributed by atoms with E-state index in [0.29, 0.717) is 6.17 Å². The molecule has 25 heavy (non-hydrogen) atoms. The summed E-state index contributed by atoms with van der Waals surface area (Å²) in [7, 11) is 2.14. The van der Waals surface area contributed by atoms with E-state index < -0.39 is 0 Å². The number of nitrogens with zero attached hydrogens (tertiary/aromatic N) is 3. The van der Waals surface area contributed by atoms with Crippen LogP contribution in [0.1, 0.15) is 44.3 Å². The average Bonchev–Trinajstić information content (AvgIpc) is 2.66. The molecular formula is C21H30N4. The van der Waals surface area contributed by atoms with E-state index in [0.717, 1.165) is 13.1 Å². The van der Waals surface area contributed by atoms with Crippen LogP contribution in [0.2, 0.25) is 0 Å². The van der Waals surface area contributed by atoms with Crippen LogP contribution in [0.3, 0.4) is 0 Å². The Morgan fingerprint density at radius 2 is 1.84 bits per heavy atom. The number of likely N-dealkylation sites (N-methyl/N-ethyl adjacent to an activating group) is 1. The molecule has 1 aromatic rings. The van der Waals surface area contributed by atoms with Crippen molar-refractivity contribution < 1.29 is 0 Å². The van der Waals surface area contributed by atoms with Gasteiger partial charge in [-0.15, -0.1) is 0 Å². The summed E-state index contributed by atoms with van der Waals surface area (Å²) in [6, 6.07) is 11.1. The SMILES string of the molecule is CN1NCN(C(c2ccccc2)N2CCCCC2)C2(C)CC=CC=C12. The molecule has 3 aliphatic rings. The minimum atomic E-state index is 0.0205. The van der Waals surface area contributed by atoms with Gasteiger partial charge in [0, 0.05) is 12.7 Å². The minimum Gasteiger partial charge on any atom is -0.312 e. The molecule has 0 radical (unpaired) electrons. The molecule has 2 atom stereocenters. The monoisotopic (exact) mass is 338 g/mol. The van der Waals surface area contributed by atoms with Crippen molar-refractivity contribution in [3.63, 3.8) is 0 Å². The fourth-order valence-corrected chi connectivity index (χ4v) is 4.65. The number of rotatable bonds is 3. The maximum Gasteiger partial charge on any atom is 0.0904 e. The van der Waals surface area contributed by atoms with Crippen LogP contribution in [0, 0.1) is 0 Å². The normalized spacial score (nSPS) is 29.2.